The summed E-state index contributed by atoms with van der Waals surface area (Å²) in [6, 6.07) is 10.6. The summed E-state index contributed by atoms with van der Waals surface area (Å²) in [5.41, 5.74) is 1.40. The third-order valence-electron chi connectivity index (χ3n) is 4.01. The SMILES string of the molecule is CCNC(=O)C1CNCCN1CCCCc1ccccc1. The van der Waals surface area contributed by atoms with Crippen molar-refractivity contribution in [3.63, 3.8) is 0 Å². The normalized spacial score (nSPS) is 19.4. The Morgan fingerprint density at radius 2 is 2.14 bits per heavy atom. The fourth-order valence-corrected chi connectivity index (χ4v) is 2.85. The molecule has 1 saturated heterocycles. The number of benzene rings is 1. The van der Waals surface area contributed by atoms with Crippen LogP contribution in [-0.4, -0.2) is 49.6 Å². The molecule has 1 aliphatic heterocycles. The predicted molar refractivity (Wildman–Crippen MR) is 86.3 cm³/mol. The van der Waals surface area contributed by atoms with Gasteiger partial charge in [0, 0.05) is 26.2 Å². The first-order valence-corrected chi connectivity index (χ1v) is 8.07. The summed E-state index contributed by atoms with van der Waals surface area (Å²) >= 11 is 0. The highest BCUT2D eigenvalue weighted by Crippen LogP contribution is 2.09. The van der Waals surface area contributed by atoms with E-state index in [1.807, 2.05) is 6.92 Å². The van der Waals surface area contributed by atoms with Gasteiger partial charge in [0.1, 0.15) is 6.04 Å². The third-order valence-corrected chi connectivity index (χ3v) is 4.01. The van der Waals surface area contributed by atoms with Gasteiger partial charge in [0.15, 0.2) is 0 Å². The first-order chi connectivity index (χ1) is 10.3. The number of nitrogens with zero attached hydrogens (tertiary/aromatic N) is 1. The Morgan fingerprint density at radius 3 is 2.90 bits per heavy atom. The van der Waals surface area contributed by atoms with Crippen molar-refractivity contribution in [3.8, 4) is 0 Å². The molecule has 21 heavy (non-hydrogen) atoms. The van der Waals surface area contributed by atoms with E-state index >= 15 is 0 Å². The highest BCUT2D eigenvalue weighted by atomic mass is 16.2. The maximum Gasteiger partial charge on any atom is 0.238 e. The largest absolute Gasteiger partial charge is 0.355 e. The lowest BCUT2D eigenvalue weighted by molar-refractivity contribution is -0.127. The van der Waals surface area contributed by atoms with Crippen molar-refractivity contribution in [2.75, 3.05) is 32.7 Å². The van der Waals surface area contributed by atoms with Crippen molar-refractivity contribution in [2.45, 2.75) is 32.2 Å². The van der Waals surface area contributed by atoms with Crippen LogP contribution in [0, 0.1) is 0 Å². The molecule has 1 aliphatic rings. The quantitative estimate of drug-likeness (QED) is 0.746. The zero-order chi connectivity index (χ0) is 14.9. The summed E-state index contributed by atoms with van der Waals surface area (Å²) in [5.74, 6) is 0.160. The molecular weight excluding hydrogens is 262 g/mol. The van der Waals surface area contributed by atoms with Crippen molar-refractivity contribution in [3.05, 3.63) is 35.9 Å². The molecule has 0 aromatic heterocycles. The number of nitrogens with one attached hydrogen (secondary N) is 2. The van der Waals surface area contributed by atoms with Crippen molar-refractivity contribution >= 4 is 5.91 Å². The molecule has 1 unspecified atom stereocenters. The number of unbranched alkanes of at least 4 members (excludes halogenated alkanes) is 1. The zero-order valence-electron chi connectivity index (χ0n) is 13.0. The molecule has 1 atom stereocenters. The molecule has 2 N–H and O–H groups in total. The molecule has 1 aromatic carbocycles. The van der Waals surface area contributed by atoms with E-state index in [-0.39, 0.29) is 11.9 Å². The number of piperazine rings is 1. The van der Waals surface area contributed by atoms with Crippen LogP contribution in [0.25, 0.3) is 0 Å². The van der Waals surface area contributed by atoms with E-state index in [0.29, 0.717) is 6.54 Å². The maximum atomic E-state index is 12.1. The van der Waals surface area contributed by atoms with Crippen LogP contribution in [0.5, 0.6) is 0 Å². The van der Waals surface area contributed by atoms with E-state index < -0.39 is 0 Å². The van der Waals surface area contributed by atoms with Gasteiger partial charge >= 0.3 is 0 Å². The van der Waals surface area contributed by atoms with E-state index in [1.165, 1.54) is 12.0 Å². The van der Waals surface area contributed by atoms with Crippen molar-refractivity contribution < 1.29 is 4.79 Å². The lowest BCUT2D eigenvalue weighted by atomic mass is 10.1. The van der Waals surface area contributed by atoms with Crippen LogP contribution < -0.4 is 10.6 Å². The summed E-state index contributed by atoms with van der Waals surface area (Å²) in [7, 11) is 0. The Hall–Kier alpha value is -1.39. The summed E-state index contributed by atoms with van der Waals surface area (Å²) in [6.07, 6.45) is 3.44. The molecule has 0 saturated carbocycles. The number of hydrogen-bond acceptors (Lipinski definition) is 3. The number of carbonyl (C=O) groups excluding carboxylic acids is 1. The van der Waals surface area contributed by atoms with E-state index in [2.05, 4.69) is 45.9 Å². The highest BCUT2D eigenvalue weighted by Gasteiger charge is 2.27. The van der Waals surface area contributed by atoms with Crippen LogP contribution in [0.15, 0.2) is 30.3 Å². The second-order valence-electron chi connectivity index (χ2n) is 5.59. The number of rotatable bonds is 7. The number of likely N-dealkylation sites (N-methyl/N-ethyl adjacent to an activating group) is 1. The standard InChI is InChI=1S/C17H27N3O/c1-2-19-17(21)16-14-18-11-13-20(16)12-7-6-10-15-8-4-3-5-9-15/h3-5,8-9,16,18H,2,6-7,10-14H2,1H3,(H,19,21). The van der Waals surface area contributed by atoms with Gasteiger partial charge in [0.05, 0.1) is 0 Å². The average Bonchev–Trinajstić information content (AvgIpc) is 2.53. The van der Waals surface area contributed by atoms with E-state index in [1.54, 1.807) is 0 Å². The molecule has 4 nitrogen and oxygen atoms in total. The Balaban J connectivity index is 1.73. The average molecular weight is 289 g/mol. The van der Waals surface area contributed by atoms with Gasteiger partial charge in [-0.05, 0) is 38.3 Å². The van der Waals surface area contributed by atoms with Gasteiger partial charge in [0.2, 0.25) is 5.91 Å². The van der Waals surface area contributed by atoms with Crippen LogP contribution in [0.4, 0.5) is 0 Å². The van der Waals surface area contributed by atoms with E-state index in [4.69, 9.17) is 0 Å². The van der Waals surface area contributed by atoms with E-state index in [9.17, 15) is 4.79 Å². The number of amides is 1. The molecule has 0 bridgehead atoms. The van der Waals surface area contributed by atoms with Crippen molar-refractivity contribution in [2.24, 2.45) is 0 Å². The molecule has 0 aliphatic carbocycles. The van der Waals surface area contributed by atoms with Crippen LogP contribution in [0.1, 0.15) is 25.3 Å². The molecule has 1 heterocycles. The van der Waals surface area contributed by atoms with Gasteiger partial charge in [-0.15, -0.1) is 0 Å². The van der Waals surface area contributed by atoms with Gasteiger partial charge < -0.3 is 10.6 Å². The highest BCUT2D eigenvalue weighted by molar-refractivity contribution is 5.82. The lowest BCUT2D eigenvalue weighted by Crippen LogP contribution is -2.57. The minimum Gasteiger partial charge on any atom is -0.355 e. The Kier molecular flexibility index (Phi) is 6.70. The summed E-state index contributed by atoms with van der Waals surface area (Å²) in [4.78, 5) is 14.4. The number of hydrogen-bond donors (Lipinski definition) is 2. The molecule has 0 radical (unpaired) electrons. The zero-order valence-corrected chi connectivity index (χ0v) is 13.0. The van der Waals surface area contributed by atoms with Gasteiger partial charge in [0.25, 0.3) is 0 Å². The van der Waals surface area contributed by atoms with Gasteiger partial charge in [-0.1, -0.05) is 30.3 Å². The fourth-order valence-electron chi connectivity index (χ4n) is 2.85. The van der Waals surface area contributed by atoms with Gasteiger partial charge in [-0.3, -0.25) is 9.69 Å². The minimum absolute atomic E-state index is 0.00424. The Labute approximate surface area is 127 Å². The fraction of sp³-hybridized carbons (Fsp3) is 0.588. The molecule has 1 aromatic rings. The van der Waals surface area contributed by atoms with Crippen LogP contribution in [-0.2, 0) is 11.2 Å². The first kappa shape index (κ1) is 16.0. The number of carbonyl (C=O) groups is 1. The second kappa shape index (κ2) is 8.80. The molecule has 1 amide bonds. The Morgan fingerprint density at radius 1 is 1.33 bits per heavy atom. The molecule has 0 spiro atoms. The maximum absolute atomic E-state index is 12.1. The topological polar surface area (TPSA) is 44.4 Å². The third kappa shape index (κ3) is 5.14. The van der Waals surface area contributed by atoms with E-state index in [0.717, 1.165) is 39.0 Å². The first-order valence-electron chi connectivity index (χ1n) is 8.07. The molecule has 116 valence electrons. The smallest absolute Gasteiger partial charge is 0.238 e. The number of aryl methyl sites for hydroxylation is 1. The van der Waals surface area contributed by atoms with Gasteiger partial charge in [-0.25, -0.2) is 0 Å². The molecule has 4 heteroatoms. The van der Waals surface area contributed by atoms with Gasteiger partial charge in [-0.2, -0.15) is 0 Å². The van der Waals surface area contributed by atoms with Crippen molar-refractivity contribution in [1.29, 1.82) is 0 Å². The van der Waals surface area contributed by atoms with Crippen LogP contribution in [0.3, 0.4) is 0 Å². The second-order valence-corrected chi connectivity index (χ2v) is 5.59. The molecule has 2 rings (SSSR count). The lowest BCUT2D eigenvalue weighted by Gasteiger charge is -2.35. The molecular formula is C17H27N3O. The summed E-state index contributed by atoms with van der Waals surface area (Å²) < 4.78 is 0. The van der Waals surface area contributed by atoms with Crippen LogP contribution >= 0.6 is 0 Å². The summed E-state index contributed by atoms with van der Waals surface area (Å²) in [5, 5.41) is 6.26. The minimum atomic E-state index is -0.00424. The van der Waals surface area contributed by atoms with Crippen LogP contribution in [0.2, 0.25) is 0 Å². The summed E-state index contributed by atoms with van der Waals surface area (Å²) in [6.45, 7) is 6.40. The van der Waals surface area contributed by atoms with Crippen molar-refractivity contribution in [1.82, 2.24) is 15.5 Å². The Bertz CT molecular complexity index is 421. The monoisotopic (exact) mass is 289 g/mol. The predicted octanol–water partition coefficient (Wildman–Crippen LogP) is 1.42. The molecule has 1 fully saturated rings.